The van der Waals surface area contributed by atoms with Crippen molar-refractivity contribution < 1.29 is 32.9 Å². The third-order valence-electron chi connectivity index (χ3n) is 9.91. The average molecular weight is 771 g/mol. The number of rotatable bonds is 40. The number of hydrogen-bond acceptors (Lipinski definition) is 6. The molecule has 0 aromatic heterocycles. The molecule has 0 fully saturated rings. The number of phosphoric ester groups is 1. The van der Waals surface area contributed by atoms with E-state index < -0.39 is 20.0 Å². The highest BCUT2D eigenvalue weighted by Crippen LogP contribution is 2.38. The van der Waals surface area contributed by atoms with Gasteiger partial charge in [0, 0.05) is 6.42 Å². The second kappa shape index (κ2) is 36.6. The molecule has 0 aliphatic heterocycles. The molecule has 0 aromatic carbocycles. The number of aliphatic hydroxyl groups is 1. The molecule has 0 saturated carbocycles. The van der Waals surface area contributed by atoms with Gasteiger partial charge in [0.1, 0.15) is 13.2 Å². The molecule has 2 N–H and O–H groups in total. The van der Waals surface area contributed by atoms with Crippen LogP contribution in [0.25, 0.3) is 0 Å². The molecule has 0 heterocycles. The molecule has 8 nitrogen and oxygen atoms in total. The maximum atomic E-state index is 12.8. The minimum absolute atomic E-state index is 0.00600. The van der Waals surface area contributed by atoms with Crippen LogP contribution in [0.2, 0.25) is 0 Å². The molecule has 0 radical (unpaired) electrons. The van der Waals surface area contributed by atoms with Crippen molar-refractivity contribution in [2.45, 2.75) is 212 Å². The maximum absolute atomic E-state index is 12.8. The van der Waals surface area contributed by atoms with Gasteiger partial charge in [-0.05, 0) is 64.2 Å². The zero-order valence-corrected chi connectivity index (χ0v) is 36.4. The largest absolute Gasteiger partial charge is 0.756 e. The van der Waals surface area contributed by atoms with Crippen LogP contribution in [0.3, 0.4) is 0 Å². The van der Waals surface area contributed by atoms with E-state index in [4.69, 9.17) is 9.05 Å². The van der Waals surface area contributed by atoms with Crippen LogP contribution in [0.5, 0.6) is 0 Å². The Labute approximate surface area is 328 Å². The molecule has 0 aliphatic rings. The third kappa shape index (κ3) is 39.0. The monoisotopic (exact) mass is 771 g/mol. The van der Waals surface area contributed by atoms with Gasteiger partial charge in [-0.25, -0.2) is 0 Å². The Kier molecular flexibility index (Phi) is 35.9. The van der Waals surface area contributed by atoms with E-state index in [-0.39, 0.29) is 19.1 Å². The number of hydrogen-bond donors (Lipinski definition) is 2. The molecule has 1 amide bonds. The topological polar surface area (TPSA) is 108 Å². The molecular weight excluding hydrogens is 683 g/mol. The minimum atomic E-state index is -4.57. The first-order valence-corrected chi connectivity index (χ1v) is 23.6. The first-order chi connectivity index (χ1) is 25.5. The lowest BCUT2D eigenvalue weighted by Gasteiger charge is -2.30. The summed E-state index contributed by atoms with van der Waals surface area (Å²) in [6, 6.07) is -0.818. The Hall–Kier alpha value is -1.02. The smallest absolute Gasteiger partial charge is 0.268 e. The lowest BCUT2D eigenvalue weighted by atomic mass is 10.0. The van der Waals surface area contributed by atoms with Gasteiger partial charge in [-0.15, -0.1) is 0 Å². The zero-order chi connectivity index (χ0) is 39.3. The maximum Gasteiger partial charge on any atom is 0.268 e. The second-order valence-electron chi connectivity index (χ2n) is 16.4. The van der Waals surface area contributed by atoms with E-state index in [2.05, 4.69) is 43.5 Å². The molecule has 53 heavy (non-hydrogen) atoms. The lowest BCUT2D eigenvalue weighted by molar-refractivity contribution is -0.870. The van der Waals surface area contributed by atoms with Gasteiger partial charge in [0.05, 0.1) is 39.9 Å². The minimum Gasteiger partial charge on any atom is -0.756 e. The predicted molar refractivity (Wildman–Crippen MR) is 224 cm³/mol. The van der Waals surface area contributed by atoms with E-state index in [0.29, 0.717) is 23.9 Å². The molecule has 0 spiro atoms. The molecule has 0 saturated heterocycles. The van der Waals surface area contributed by atoms with Crippen molar-refractivity contribution in [1.29, 1.82) is 0 Å². The molecule has 0 rings (SSSR count). The van der Waals surface area contributed by atoms with E-state index in [9.17, 15) is 19.4 Å². The van der Waals surface area contributed by atoms with Crippen molar-refractivity contribution in [3.63, 3.8) is 0 Å². The highest BCUT2D eigenvalue weighted by atomic mass is 31.2. The van der Waals surface area contributed by atoms with Crippen LogP contribution in [-0.4, -0.2) is 68.5 Å². The summed E-state index contributed by atoms with van der Waals surface area (Å²) < 4.78 is 23.2. The summed E-state index contributed by atoms with van der Waals surface area (Å²) in [5.74, 6) is -0.183. The summed E-state index contributed by atoms with van der Waals surface area (Å²) in [5, 5.41) is 13.9. The summed E-state index contributed by atoms with van der Waals surface area (Å²) in [4.78, 5) is 25.3. The van der Waals surface area contributed by atoms with Gasteiger partial charge >= 0.3 is 0 Å². The van der Waals surface area contributed by atoms with Crippen molar-refractivity contribution in [2.24, 2.45) is 0 Å². The van der Waals surface area contributed by atoms with Crippen molar-refractivity contribution in [1.82, 2.24) is 5.32 Å². The van der Waals surface area contributed by atoms with Crippen LogP contribution in [0.1, 0.15) is 200 Å². The quantitative estimate of drug-likeness (QED) is 0.0278. The van der Waals surface area contributed by atoms with Gasteiger partial charge in [0.25, 0.3) is 7.82 Å². The molecule has 1 unspecified atom stereocenters. The van der Waals surface area contributed by atoms with E-state index in [1.54, 1.807) is 0 Å². The fourth-order valence-corrected chi connectivity index (χ4v) is 7.04. The lowest BCUT2D eigenvalue weighted by Crippen LogP contribution is -2.46. The molecule has 9 heteroatoms. The highest BCUT2D eigenvalue weighted by molar-refractivity contribution is 7.45. The SMILES string of the molecule is CCCCCCCC/C=C/CCCCCCCC(=O)N[C@@H](COP(=O)([O-])OCC[N+](C)(C)C)[C@H](O)CCCC/C=C/CCCCCCCCCCCC. The van der Waals surface area contributed by atoms with Crippen LogP contribution >= 0.6 is 7.82 Å². The number of amides is 1. The van der Waals surface area contributed by atoms with Gasteiger partial charge in [0.2, 0.25) is 5.91 Å². The summed E-state index contributed by atoms with van der Waals surface area (Å²) >= 11 is 0. The van der Waals surface area contributed by atoms with Gasteiger partial charge < -0.3 is 28.8 Å². The number of likely N-dealkylation sites (N-methyl/N-ethyl adjacent to an activating group) is 1. The first-order valence-electron chi connectivity index (χ1n) is 22.2. The van der Waals surface area contributed by atoms with Gasteiger partial charge in [0.15, 0.2) is 0 Å². The van der Waals surface area contributed by atoms with Crippen LogP contribution in [0.4, 0.5) is 0 Å². The van der Waals surface area contributed by atoms with Crippen molar-refractivity contribution in [3.05, 3.63) is 24.3 Å². The first kappa shape index (κ1) is 52.0. The second-order valence-corrected chi connectivity index (χ2v) is 17.8. The van der Waals surface area contributed by atoms with Gasteiger partial charge in [-0.3, -0.25) is 9.36 Å². The Morgan fingerprint density at radius 2 is 1.04 bits per heavy atom. The Balaban J connectivity index is 4.43. The van der Waals surface area contributed by atoms with Crippen molar-refractivity contribution >= 4 is 13.7 Å². The molecule has 0 aliphatic carbocycles. The van der Waals surface area contributed by atoms with E-state index >= 15 is 0 Å². The van der Waals surface area contributed by atoms with Crippen LogP contribution in [-0.2, 0) is 18.4 Å². The van der Waals surface area contributed by atoms with Crippen LogP contribution in [0, 0.1) is 0 Å². The fraction of sp³-hybridized carbons (Fsp3) is 0.886. The Morgan fingerprint density at radius 1 is 0.642 bits per heavy atom. The van der Waals surface area contributed by atoms with Crippen LogP contribution < -0.4 is 10.2 Å². The number of unbranched alkanes of at least 4 members (excludes halogenated alkanes) is 23. The van der Waals surface area contributed by atoms with E-state index in [1.807, 2.05) is 21.1 Å². The number of allylic oxidation sites excluding steroid dienone is 4. The number of carbonyl (C=O) groups excluding carboxylic acids is 1. The number of quaternary nitrogens is 1. The molecular formula is C44H87N2O6P. The third-order valence-corrected chi connectivity index (χ3v) is 10.9. The summed E-state index contributed by atoms with van der Waals surface area (Å²) in [6.07, 6.45) is 41.8. The fourth-order valence-electron chi connectivity index (χ4n) is 6.32. The normalized spacial score (nSPS) is 14.6. The number of aliphatic hydroxyl groups excluding tert-OH is 1. The van der Waals surface area contributed by atoms with Crippen LogP contribution in [0.15, 0.2) is 24.3 Å². The summed E-state index contributed by atoms with van der Waals surface area (Å²) in [5.41, 5.74) is 0. The standard InChI is InChI=1S/C44H87N2O6P/c1-6-8-10-12-14-16-18-20-22-24-25-27-29-31-33-35-37-43(47)42(41-52-53(49,50)51-40-39-46(3,4)5)45-44(48)38-36-34-32-30-28-26-23-21-19-17-15-13-11-9-7-2/h21,23,27,29,42-43,47H,6-20,22,24-26,28,30-41H2,1-5H3,(H-,45,48,49,50)/b23-21+,29-27+/t42-,43+/m0/s1. The summed E-state index contributed by atoms with van der Waals surface area (Å²) in [6.45, 7) is 4.68. The zero-order valence-electron chi connectivity index (χ0n) is 35.5. The Bertz CT molecular complexity index is 922. The predicted octanol–water partition coefficient (Wildman–Crippen LogP) is 11.5. The van der Waals surface area contributed by atoms with Gasteiger partial charge in [-0.1, -0.05) is 154 Å². The van der Waals surface area contributed by atoms with E-state index in [1.165, 1.54) is 116 Å². The van der Waals surface area contributed by atoms with Gasteiger partial charge in [-0.2, -0.15) is 0 Å². The number of phosphoric acid groups is 1. The van der Waals surface area contributed by atoms with Crippen molar-refractivity contribution in [2.75, 3.05) is 40.9 Å². The number of nitrogens with zero attached hydrogens (tertiary/aromatic N) is 1. The summed E-state index contributed by atoms with van der Waals surface area (Å²) in [7, 11) is 1.28. The highest BCUT2D eigenvalue weighted by Gasteiger charge is 2.24. The molecule has 0 aromatic rings. The molecule has 0 bridgehead atoms. The Morgan fingerprint density at radius 3 is 1.47 bits per heavy atom. The average Bonchev–Trinajstić information content (AvgIpc) is 3.10. The van der Waals surface area contributed by atoms with E-state index in [0.717, 1.165) is 57.8 Å². The molecule has 3 atom stereocenters. The number of nitrogens with one attached hydrogen (secondary N) is 1. The molecule has 314 valence electrons. The number of carbonyl (C=O) groups is 1. The van der Waals surface area contributed by atoms with Crippen molar-refractivity contribution in [3.8, 4) is 0 Å².